The van der Waals surface area contributed by atoms with Gasteiger partial charge in [0.1, 0.15) is 6.29 Å². The van der Waals surface area contributed by atoms with Crippen molar-refractivity contribution >= 4 is 29.8 Å². The molecule has 1 atom stereocenters. The molecule has 0 saturated carbocycles. The van der Waals surface area contributed by atoms with Crippen LogP contribution in [0.25, 0.3) is 0 Å². The SMILES string of the molecule is C=C/C(=C\C=C(\C=O)CC)NC(=O)C(C)NC.CC.CC.CC.CCCCCN(C)CCC.Cc1ccc(C=O)s1. The molecule has 1 unspecified atom stereocenters. The van der Waals surface area contributed by atoms with Crippen molar-refractivity contribution < 1.29 is 14.4 Å². The molecule has 6 nitrogen and oxygen atoms in total. The summed E-state index contributed by atoms with van der Waals surface area (Å²) in [7, 11) is 3.92. The number of hydrogen-bond donors (Lipinski definition) is 2. The van der Waals surface area contributed by atoms with Gasteiger partial charge in [-0.25, -0.2) is 0 Å². The summed E-state index contributed by atoms with van der Waals surface area (Å²) >= 11 is 1.52. The molecule has 41 heavy (non-hydrogen) atoms. The maximum atomic E-state index is 11.6. The second-order valence-electron chi connectivity index (χ2n) is 8.12. The lowest BCUT2D eigenvalue weighted by Crippen LogP contribution is -2.39. The summed E-state index contributed by atoms with van der Waals surface area (Å²) in [6, 6.07) is 3.49. The van der Waals surface area contributed by atoms with Gasteiger partial charge in [0.15, 0.2) is 6.29 Å². The van der Waals surface area contributed by atoms with E-state index in [1.807, 2.05) is 67.5 Å². The third-order valence-electron chi connectivity index (χ3n) is 4.98. The smallest absolute Gasteiger partial charge is 0.241 e. The summed E-state index contributed by atoms with van der Waals surface area (Å²) in [6.07, 6.45) is 12.6. The lowest BCUT2D eigenvalue weighted by atomic mass is 10.2. The summed E-state index contributed by atoms with van der Waals surface area (Å²) in [5, 5.41) is 5.54. The van der Waals surface area contributed by atoms with Crippen molar-refractivity contribution in [2.75, 3.05) is 27.2 Å². The van der Waals surface area contributed by atoms with Crippen molar-refractivity contribution in [1.82, 2.24) is 15.5 Å². The van der Waals surface area contributed by atoms with Gasteiger partial charge in [-0.15, -0.1) is 11.3 Å². The van der Waals surface area contributed by atoms with Crippen LogP contribution < -0.4 is 10.6 Å². The standard InChI is InChI=1S/C13H20N2O2.C9H21N.C6H6OS.3C2H6/c1-5-11(9-16)7-8-12(6-2)15-13(17)10(3)14-4;1-4-6-7-9-10(3)8-5-2;1-5-2-3-6(4-7)8-5;3*1-2/h6-10,14H,2,5H2,1,3-4H3,(H,15,17);4-9H2,1-3H3;2-4H,1H3;3*1-2H3/b11-7+,12-8+;;;;;. The summed E-state index contributed by atoms with van der Waals surface area (Å²) in [5.74, 6) is -0.142. The van der Waals surface area contributed by atoms with E-state index in [0.29, 0.717) is 17.7 Å². The van der Waals surface area contributed by atoms with Crippen LogP contribution in [0.2, 0.25) is 0 Å². The minimum atomic E-state index is -0.279. The highest BCUT2D eigenvalue weighted by atomic mass is 32.1. The first-order valence-corrected chi connectivity index (χ1v) is 16.2. The fourth-order valence-electron chi connectivity index (χ4n) is 2.62. The number of amides is 1. The molecule has 0 spiro atoms. The topological polar surface area (TPSA) is 78.5 Å². The van der Waals surface area contributed by atoms with E-state index < -0.39 is 0 Å². The normalized spacial score (nSPS) is 10.7. The molecule has 0 aliphatic heterocycles. The molecule has 240 valence electrons. The number of aryl methyl sites for hydroxylation is 1. The predicted octanol–water partition coefficient (Wildman–Crippen LogP) is 8.78. The van der Waals surface area contributed by atoms with Crippen molar-refractivity contribution in [3.05, 3.63) is 58.0 Å². The Hall–Kier alpha value is -2.35. The van der Waals surface area contributed by atoms with E-state index in [-0.39, 0.29) is 11.9 Å². The summed E-state index contributed by atoms with van der Waals surface area (Å²) in [5.41, 5.74) is 1.24. The Bertz CT molecular complexity index is 786. The molecule has 1 heterocycles. The van der Waals surface area contributed by atoms with Crippen LogP contribution in [-0.2, 0) is 9.59 Å². The van der Waals surface area contributed by atoms with E-state index in [0.717, 1.165) is 17.4 Å². The van der Waals surface area contributed by atoms with Crippen molar-refractivity contribution in [2.24, 2.45) is 0 Å². The monoisotopic (exact) mass is 595 g/mol. The van der Waals surface area contributed by atoms with E-state index >= 15 is 0 Å². The summed E-state index contributed by atoms with van der Waals surface area (Å²) < 4.78 is 0. The van der Waals surface area contributed by atoms with Gasteiger partial charge in [-0.1, -0.05) is 87.8 Å². The molecule has 0 aromatic carbocycles. The van der Waals surface area contributed by atoms with E-state index in [1.54, 1.807) is 26.1 Å². The Morgan fingerprint density at radius 1 is 0.976 bits per heavy atom. The number of hydrogen-bond acceptors (Lipinski definition) is 6. The molecule has 0 aliphatic carbocycles. The number of rotatable bonds is 14. The second kappa shape index (κ2) is 39.8. The zero-order valence-corrected chi connectivity index (χ0v) is 29.7. The van der Waals surface area contributed by atoms with E-state index in [1.165, 1.54) is 61.1 Å². The maximum Gasteiger partial charge on any atom is 0.241 e. The van der Waals surface area contributed by atoms with Crippen LogP contribution in [0.3, 0.4) is 0 Å². The molecule has 7 heteroatoms. The van der Waals surface area contributed by atoms with Crippen LogP contribution in [0.5, 0.6) is 0 Å². The minimum absolute atomic E-state index is 0.142. The van der Waals surface area contributed by atoms with Crippen molar-refractivity contribution in [2.45, 2.75) is 114 Å². The van der Waals surface area contributed by atoms with E-state index in [4.69, 9.17) is 0 Å². The molecular weight excluding hydrogens is 530 g/mol. The molecule has 0 fully saturated rings. The van der Waals surface area contributed by atoms with Gasteiger partial charge in [-0.3, -0.25) is 14.4 Å². The van der Waals surface area contributed by atoms with Crippen LogP contribution in [0.15, 0.2) is 48.2 Å². The largest absolute Gasteiger partial charge is 0.325 e. The van der Waals surface area contributed by atoms with Crippen molar-refractivity contribution in [3.8, 4) is 0 Å². The molecule has 0 saturated heterocycles. The Morgan fingerprint density at radius 2 is 1.56 bits per heavy atom. The Labute approximate surface area is 258 Å². The first-order valence-electron chi connectivity index (χ1n) is 15.4. The Morgan fingerprint density at radius 3 is 1.90 bits per heavy atom. The number of unbranched alkanes of at least 4 members (excludes halogenated alkanes) is 2. The first-order chi connectivity index (χ1) is 19.7. The minimum Gasteiger partial charge on any atom is -0.325 e. The van der Waals surface area contributed by atoms with E-state index in [9.17, 15) is 14.4 Å². The molecule has 1 rings (SSSR count). The molecule has 0 aliphatic rings. The Balaban J connectivity index is -0.000000153. The van der Waals surface area contributed by atoms with Crippen LogP contribution in [0.4, 0.5) is 0 Å². The van der Waals surface area contributed by atoms with Crippen LogP contribution in [-0.4, -0.2) is 56.6 Å². The lowest BCUT2D eigenvalue weighted by Gasteiger charge is -2.14. The van der Waals surface area contributed by atoms with Crippen molar-refractivity contribution in [1.29, 1.82) is 0 Å². The van der Waals surface area contributed by atoms with Crippen molar-refractivity contribution in [3.63, 3.8) is 0 Å². The second-order valence-corrected chi connectivity index (χ2v) is 9.43. The third kappa shape index (κ3) is 33.8. The highest BCUT2D eigenvalue weighted by molar-refractivity contribution is 7.13. The number of thiophene rings is 1. The Kier molecular flexibility index (Phi) is 47.0. The first kappa shape index (κ1) is 48.4. The number of allylic oxidation sites excluding steroid dienone is 4. The van der Waals surface area contributed by atoms with Gasteiger partial charge in [-0.05, 0) is 90.2 Å². The molecular formula is C34H65N3O3S. The van der Waals surface area contributed by atoms with E-state index in [2.05, 4.69) is 43.0 Å². The van der Waals surface area contributed by atoms with Gasteiger partial charge in [-0.2, -0.15) is 0 Å². The molecule has 0 radical (unpaired) electrons. The number of likely N-dealkylation sites (N-methyl/N-ethyl adjacent to an activating group) is 1. The van der Waals surface area contributed by atoms with Crippen LogP contribution in [0.1, 0.15) is 116 Å². The fraction of sp³-hybridized carbons (Fsp3) is 0.618. The number of nitrogens with one attached hydrogen (secondary N) is 2. The maximum absolute atomic E-state index is 11.6. The van der Waals surface area contributed by atoms with Gasteiger partial charge >= 0.3 is 0 Å². The number of carbonyl (C=O) groups is 3. The average Bonchev–Trinajstić information content (AvgIpc) is 3.45. The van der Waals surface area contributed by atoms with Gasteiger partial charge in [0, 0.05) is 10.6 Å². The van der Waals surface area contributed by atoms with Gasteiger partial charge < -0.3 is 15.5 Å². The number of aldehydes is 2. The molecule has 1 aromatic rings. The third-order valence-corrected chi connectivity index (χ3v) is 5.90. The summed E-state index contributed by atoms with van der Waals surface area (Å²) in [6.45, 7) is 28.3. The highest BCUT2D eigenvalue weighted by Gasteiger charge is 2.09. The zero-order valence-electron chi connectivity index (χ0n) is 28.9. The highest BCUT2D eigenvalue weighted by Crippen LogP contribution is 2.11. The lowest BCUT2D eigenvalue weighted by molar-refractivity contribution is -0.121. The number of nitrogens with zero attached hydrogens (tertiary/aromatic N) is 1. The quantitative estimate of drug-likeness (QED) is 0.0973. The van der Waals surface area contributed by atoms with Gasteiger partial charge in [0.25, 0.3) is 0 Å². The van der Waals surface area contributed by atoms with Crippen LogP contribution >= 0.6 is 11.3 Å². The fourth-order valence-corrected chi connectivity index (χ4v) is 3.31. The average molecular weight is 596 g/mol. The summed E-state index contributed by atoms with van der Waals surface area (Å²) in [4.78, 5) is 36.6. The molecule has 2 N–H and O–H groups in total. The zero-order chi connectivity index (χ0) is 33.1. The predicted molar refractivity (Wildman–Crippen MR) is 185 cm³/mol. The molecule has 1 amide bonds. The van der Waals surface area contributed by atoms with Gasteiger partial charge in [0.05, 0.1) is 10.9 Å². The van der Waals surface area contributed by atoms with Crippen LogP contribution in [0, 0.1) is 6.92 Å². The van der Waals surface area contributed by atoms with Gasteiger partial charge in [0.2, 0.25) is 5.91 Å². The number of carbonyl (C=O) groups excluding carboxylic acids is 3. The molecule has 1 aromatic heterocycles. The molecule has 0 bridgehead atoms.